The molecule has 2 saturated heterocycles. The van der Waals surface area contributed by atoms with Crippen LogP contribution >= 0.6 is 23.2 Å². The lowest BCUT2D eigenvalue weighted by atomic mass is 9.88. The molecular formula is C34H35Cl2FN2O5. The second kappa shape index (κ2) is 14.1. The summed E-state index contributed by atoms with van der Waals surface area (Å²) in [4.78, 5) is 44.9. The van der Waals surface area contributed by atoms with Crippen molar-refractivity contribution < 1.29 is 28.2 Å². The van der Waals surface area contributed by atoms with Crippen molar-refractivity contribution in [2.75, 3.05) is 13.7 Å². The van der Waals surface area contributed by atoms with Gasteiger partial charge in [0.1, 0.15) is 30.1 Å². The van der Waals surface area contributed by atoms with E-state index in [2.05, 4.69) is 0 Å². The fourth-order valence-electron chi connectivity index (χ4n) is 6.24. The monoisotopic (exact) mass is 640 g/mol. The summed E-state index contributed by atoms with van der Waals surface area (Å²) in [6, 6.07) is 18.0. The van der Waals surface area contributed by atoms with E-state index in [4.69, 9.17) is 32.7 Å². The average molecular weight is 642 g/mol. The van der Waals surface area contributed by atoms with E-state index >= 15 is 0 Å². The number of amides is 2. The predicted octanol–water partition coefficient (Wildman–Crippen LogP) is 6.72. The van der Waals surface area contributed by atoms with Crippen LogP contribution in [-0.4, -0.2) is 59.4 Å². The van der Waals surface area contributed by atoms with Gasteiger partial charge in [-0.25, -0.2) is 9.18 Å². The Hall–Kier alpha value is -3.46. The molecule has 5 atom stereocenters. The van der Waals surface area contributed by atoms with E-state index in [9.17, 15) is 18.8 Å². The first-order chi connectivity index (χ1) is 21.2. The van der Waals surface area contributed by atoms with E-state index in [1.807, 2.05) is 31.2 Å². The molecule has 0 spiro atoms. The lowest BCUT2D eigenvalue weighted by molar-refractivity contribution is -0.183. The molecule has 0 radical (unpaired) electrons. The van der Waals surface area contributed by atoms with Gasteiger partial charge in [-0.15, -0.1) is 0 Å². The number of halogens is 3. The van der Waals surface area contributed by atoms with Crippen LogP contribution in [0.3, 0.4) is 0 Å². The van der Waals surface area contributed by atoms with E-state index < -0.39 is 36.3 Å². The van der Waals surface area contributed by atoms with Gasteiger partial charge in [-0.1, -0.05) is 72.9 Å². The smallest absolute Gasteiger partial charge is 0.328 e. The topological polar surface area (TPSA) is 76.2 Å². The molecule has 5 rings (SSSR count). The van der Waals surface area contributed by atoms with Gasteiger partial charge < -0.3 is 19.3 Å². The van der Waals surface area contributed by atoms with Crippen LogP contribution < -0.4 is 0 Å². The molecule has 2 amide bonds. The van der Waals surface area contributed by atoms with E-state index in [0.29, 0.717) is 47.8 Å². The molecular weight excluding hydrogens is 606 g/mol. The molecule has 2 heterocycles. The first kappa shape index (κ1) is 31.9. The molecule has 10 heteroatoms. The third kappa shape index (κ3) is 6.77. The van der Waals surface area contributed by atoms with Crippen molar-refractivity contribution in [2.24, 2.45) is 0 Å². The maximum Gasteiger partial charge on any atom is 0.328 e. The third-order valence-electron chi connectivity index (χ3n) is 8.36. The highest BCUT2D eigenvalue weighted by molar-refractivity contribution is 6.30. The van der Waals surface area contributed by atoms with Gasteiger partial charge in [0.2, 0.25) is 5.91 Å². The number of nitrogens with zero attached hydrogens (tertiary/aromatic N) is 2. The summed E-state index contributed by atoms with van der Waals surface area (Å²) in [7, 11) is 1.31. The van der Waals surface area contributed by atoms with Gasteiger partial charge in [0.05, 0.1) is 13.2 Å². The molecule has 2 aliphatic heterocycles. The Morgan fingerprint density at radius 2 is 1.59 bits per heavy atom. The molecule has 0 unspecified atom stereocenters. The molecule has 44 heavy (non-hydrogen) atoms. The van der Waals surface area contributed by atoms with Crippen LogP contribution in [0.2, 0.25) is 10.0 Å². The Bertz CT molecular complexity index is 1470. The zero-order valence-electron chi connectivity index (χ0n) is 24.6. The van der Waals surface area contributed by atoms with Crippen molar-refractivity contribution in [3.8, 4) is 0 Å². The van der Waals surface area contributed by atoms with Gasteiger partial charge in [0.15, 0.2) is 0 Å². The number of hydrogen-bond acceptors (Lipinski definition) is 5. The lowest BCUT2D eigenvalue weighted by Crippen LogP contribution is -2.60. The fraction of sp³-hybridized carbons (Fsp3) is 0.382. The number of morpholine rings is 1. The normalized spacial score (nSPS) is 22.6. The van der Waals surface area contributed by atoms with Crippen molar-refractivity contribution in [3.05, 3.63) is 105 Å². The summed E-state index contributed by atoms with van der Waals surface area (Å²) in [5.74, 6) is -1.51. The highest BCUT2D eigenvalue weighted by atomic mass is 35.5. The van der Waals surface area contributed by atoms with Crippen LogP contribution in [-0.2, 0) is 30.3 Å². The van der Waals surface area contributed by atoms with Crippen molar-refractivity contribution >= 4 is 41.0 Å². The summed E-state index contributed by atoms with van der Waals surface area (Å²) in [5.41, 5.74) is 2.23. The molecule has 0 aromatic heterocycles. The number of hydrogen-bond donors (Lipinski definition) is 0. The Morgan fingerprint density at radius 3 is 2.18 bits per heavy atom. The summed E-state index contributed by atoms with van der Waals surface area (Å²) >= 11 is 12.5. The maximum atomic E-state index is 14.6. The Labute approximate surface area is 266 Å². The molecule has 0 N–H and O–H groups in total. The Balaban J connectivity index is 1.64. The zero-order chi connectivity index (χ0) is 31.4. The number of benzene rings is 3. The van der Waals surface area contributed by atoms with Crippen LogP contribution in [0, 0.1) is 5.82 Å². The Kier molecular flexibility index (Phi) is 10.2. The van der Waals surface area contributed by atoms with Gasteiger partial charge in [0, 0.05) is 23.0 Å². The Morgan fingerprint density at radius 1 is 0.977 bits per heavy atom. The highest BCUT2D eigenvalue weighted by Gasteiger charge is 2.50. The molecule has 2 fully saturated rings. The molecule has 3 aromatic rings. The van der Waals surface area contributed by atoms with E-state index in [-0.39, 0.29) is 24.1 Å². The van der Waals surface area contributed by atoms with Crippen LogP contribution in [0.1, 0.15) is 61.4 Å². The molecule has 0 bridgehead atoms. The minimum atomic E-state index is -0.966. The number of likely N-dealkylation sites (tertiary alicyclic amines) is 1. The van der Waals surface area contributed by atoms with Crippen molar-refractivity contribution in [3.63, 3.8) is 0 Å². The molecule has 0 saturated carbocycles. The molecule has 3 aromatic carbocycles. The molecule has 2 aliphatic rings. The van der Waals surface area contributed by atoms with Gasteiger partial charge in [-0.05, 0) is 72.4 Å². The second-order valence-corrected chi connectivity index (χ2v) is 12.1. The molecule has 232 valence electrons. The van der Waals surface area contributed by atoms with Crippen molar-refractivity contribution in [2.45, 2.75) is 69.4 Å². The van der Waals surface area contributed by atoms with Crippen LogP contribution in [0.25, 0.3) is 0 Å². The van der Waals surface area contributed by atoms with Gasteiger partial charge in [0.25, 0.3) is 5.91 Å². The maximum absolute atomic E-state index is 14.6. The van der Waals surface area contributed by atoms with Crippen molar-refractivity contribution in [1.82, 2.24) is 9.80 Å². The summed E-state index contributed by atoms with van der Waals surface area (Å²) in [6.07, 6.45) is 0.660. The number of methoxy groups -OCH3 is 1. The van der Waals surface area contributed by atoms with E-state index in [1.165, 1.54) is 19.2 Å². The van der Waals surface area contributed by atoms with Gasteiger partial charge in [-0.3, -0.25) is 9.59 Å². The zero-order valence-corrected chi connectivity index (χ0v) is 26.1. The predicted molar refractivity (Wildman–Crippen MR) is 166 cm³/mol. The van der Waals surface area contributed by atoms with Gasteiger partial charge in [-0.2, -0.15) is 0 Å². The minimum absolute atomic E-state index is 0.175. The first-order valence-corrected chi connectivity index (χ1v) is 15.6. The largest absolute Gasteiger partial charge is 0.467 e. The van der Waals surface area contributed by atoms with Crippen LogP contribution in [0.5, 0.6) is 0 Å². The summed E-state index contributed by atoms with van der Waals surface area (Å²) in [6.45, 7) is 2.35. The minimum Gasteiger partial charge on any atom is -0.467 e. The summed E-state index contributed by atoms with van der Waals surface area (Å²) < 4.78 is 25.4. The first-order valence-electron chi connectivity index (χ1n) is 14.8. The van der Waals surface area contributed by atoms with Gasteiger partial charge >= 0.3 is 5.97 Å². The fourth-order valence-corrected chi connectivity index (χ4v) is 6.49. The second-order valence-electron chi connectivity index (χ2n) is 11.2. The highest BCUT2D eigenvalue weighted by Crippen LogP contribution is 2.45. The SMILES string of the molecule is CCC[C@@H](C(=O)N1CCC[C@H]1C(=O)OC)N1C(=O)[C@@H](Cc2ccc(F)cc2)O[C@H](c2ccc(Cl)cc2)[C@@H]1c1ccc(Cl)cc1. The summed E-state index contributed by atoms with van der Waals surface area (Å²) in [5, 5.41) is 1.07. The third-order valence-corrected chi connectivity index (χ3v) is 8.87. The standard InChI is InChI=1S/C34H35Cl2FN2O5/c1-3-5-27(32(40)38-19-4-6-28(38)34(42)43-2)39-30(22-9-13-24(35)14-10-22)31(23-11-15-25(36)16-12-23)44-29(33(39)41)20-21-7-17-26(37)18-8-21/h7-18,27-31H,3-6,19-20H2,1-2H3/t27-,28-,29+,30-,31+/m0/s1. The molecule has 0 aliphatic carbocycles. The number of esters is 1. The number of ether oxygens (including phenoxy) is 2. The number of carbonyl (C=O) groups excluding carboxylic acids is 3. The quantitative estimate of drug-likeness (QED) is 0.243. The van der Waals surface area contributed by atoms with Crippen LogP contribution in [0.15, 0.2) is 72.8 Å². The van der Waals surface area contributed by atoms with Crippen LogP contribution in [0.4, 0.5) is 4.39 Å². The molecule has 7 nitrogen and oxygen atoms in total. The lowest BCUT2D eigenvalue weighted by Gasteiger charge is -2.48. The average Bonchev–Trinajstić information content (AvgIpc) is 3.52. The van der Waals surface area contributed by atoms with Crippen molar-refractivity contribution in [1.29, 1.82) is 0 Å². The van der Waals surface area contributed by atoms with E-state index in [1.54, 1.807) is 46.2 Å². The number of rotatable bonds is 9. The number of carbonyl (C=O) groups is 3. The van der Waals surface area contributed by atoms with E-state index in [0.717, 1.165) is 11.1 Å².